The number of hydrogen-bond acceptors (Lipinski definition) is 3. The number of carboxylic acid groups (broad SMARTS) is 1. The topological polar surface area (TPSA) is 49.3 Å². The number of carboxylic acids is 1. The van der Waals surface area contributed by atoms with E-state index in [1.165, 1.54) is 12.8 Å². The number of hydrogen-bond donors (Lipinski definition) is 2. The molecular formula is C14H18BrNO2S. The van der Waals surface area contributed by atoms with Gasteiger partial charge < -0.3 is 10.4 Å². The number of rotatable bonds is 4. The Morgan fingerprint density at radius 1 is 1.37 bits per heavy atom. The fraction of sp³-hybridized carbons (Fsp3) is 0.500. The predicted octanol–water partition coefficient (Wildman–Crippen LogP) is 4.23. The molecule has 0 atom stereocenters. The van der Waals surface area contributed by atoms with Crippen molar-refractivity contribution in [3.8, 4) is 0 Å². The Morgan fingerprint density at radius 3 is 2.63 bits per heavy atom. The lowest BCUT2D eigenvalue weighted by Crippen LogP contribution is -2.27. The quantitative estimate of drug-likeness (QED) is 0.858. The van der Waals surface area contributed by atoms with Crippen LogP contribution in [0.5, 0.6) is 0 Å². The molecule has 1 aliphatic carbocycles. The van der Waals surface area contributed by atoms with Crippen molar-refractivity contribution in [3.05, 3.63) is 28.2 Å². The zero-order valence-electron chi connectivity index (χ0n) is 10.9. The fourth-order valence-corrected chi connectivity index (χ4v) is 3.80. The lowest BCUT2D eigenvalue weighted by Gasteiger charge is -2.29. The molecule has 1 fully saturated rings. The first-order chi connectivity index (χ1) is 9.11. The molecule has 0 unspecified atom stereocenters. The molecule has 0 radical (unpaired) electrons. The van der Waals surface area contributed by atoms with Crippen LogP contribution < -0.4 is 5.32 Å². The summed E-state index contributed by atoms with van der Waals surface area (Å²) in [6.07, 6.45) is 6.79. The summed E-state index contributed by atoms with van der Waals surface area (Å²) in [7, 11) is 0. The van der Waals surface area contributed by atoms with Crippen LogP contribution in [-0.4, -0.2) is 28.6 Å². The molecule has 0 aromatic heterocycles. The van der Waals surface area contributed by atoms with Gasteiger partial charge in [-0.2, -0.15) is 11.8 Å². The van der Waals surface area contributed by atoms with Crippen LogP contribution >= 0.6 is 27.7 Å². The second-order valence-corrected chi connectivity index (χ2v) is 6.81. The number of benzene rings is 1. The number of aromatic carboxylic acids is 1. The third-order valence-electron chi connectivity index (χ3n) is 3.59. The summed E-state index contributed by atoms with van der Waals surface area (Å²) < 4.78 is 0.628. The third-order valence-corrected chi connectivity index (χ3v) is 5.39. The van der Waals surface area contributed by atoms with Crippen LogP contribution in [0.1, 0.15) is 36.0 Å². The summed E-state index contributed by atoms with van der Waals surface area (Å²) in [5.41, 5.74) is 1.05. The Morgan fingerprint density at radius 2 is 2.05 bits per heavy atom. The van der Waals surface area contributed by atoms with Gasteiger partial charge in [0.1, 0.15) is 0 Å². The van der Waals surface area contributed by atoms with Crippen molar-refractivity contribution in [1.29, 1.82) is 0 Å². The molecule has 1 aromatic rings. The van der Waals surface area contributed by atoms with Crippen LogP contribution in [0.15, 0.2) is 22.7 Å². The van der Waals surface area contributed by atoms with Crippen LogP contribution in [0.4, 0.5) is 5.69 Å². The number of carbonyl (C=O) groups is 1. The largest absolute Gasteiger partial charge is 0.478 e. The molecule has 2 N–H and O–H groups in total. The Bertz CT molecular complexity index is 459. The molecule has 1 aromatic carbocycles. The average Bonchev–Trinajstić information content (AvgIpc) is 2.39. The van der Waals surface area contributed by atoms with E-state index in [0.29, 0.717) is 16.1 Å². The smallest absolute Gasteiger partial charge is 0.338 e. The lowest BCUT2D eigenvalue weighted by molar-refractivity contribution is 0.0697. The Hall–Kier alpha value is -0.680. The second kappa shape index (κ2) is 6.66. The normalized spacial score (nSPS) is 23.1. The summed E-state index contributed by atoms with van der Waals surface area (Å²) in [5.74, 6) is -0.896. The number of halogens is 1. The molecule has 0 aliphatic heterocycles. The Labute approximate surface area is 126 Å². The summed E-state index contributed by atoms with van der Waals surface area (Å²) in [5, 5.41) is 13.4. The molecule has 5 heteroatoms. The molecular weight excluding hydrogens is 326 g/mol. The van der Waals surface area contributed by atoms with Crippen molar-refractivity contribution < 1.29 is 9.90 Å². The van der Waals surface area contributed by atoms with Crippen molar-refractivity contribution >= 4 is 39.3 Å². The minimum Gasteiger partial charge on any atom is -0.478 e. The Balaban J connectivity index is 2.08. The lowest BCUT2D eigenvalue weighted by atomic mass is 9.94. The van der Waals surface area contributed by atoms with E-state index in [0.717, 1.165) is 23.8 Å². The summed E-state index contributed by atoms with van der Waals surface area (Å²) in [4.78, 5) is 11.3. The minimum atomic E-state index is -0.896. The highest BCUT2D eigenvalue weighted by Gasteiger charge is 2.22. The second-order valence-electron chi connectivity index (χ2n) is 4.82. The van der Waals surface area contributed by atoms with Gasteiger partial charge in [-0.15, -0.1) is 0 Å². The number of anilines is 1. The molecule has 0 saturated heterocycles. The van der Waals surface area contributed by atoms with Crippen LogP contribution in [0.2, 0.25) is 0 Å². The van der Waals surface area contributed by atoms with E-state index in [1.54, 1.807) is 6.07 Å². The van der Waals surface area contributed by atoms with Gasteiger partial charge in [0, 0.05) is 15.8 Å². The summed E-state index contributed by atoms with van der Waals surface area (Å²) >= 11 is 5.24. The van der Waals surface area contributed by atoms with Crippen molar-refractivity contribution in [2.24, 2.45) is 0 Å². The van der Waals surface area contributed by atoms with E-state index in [2.05, 4.69) is 27.5 Å². The third kappa shape index (κ3) is 3.66. The molecule has 3 nitrogen and oxygen atoms in total. The minimum absolute atomic E-state index is 0.328. The zero-order valence-corrected chi connectivity index (χ0v) is 13.3. The summed E-state index contributed by atoms with van der Waals surface area (Å²) in [6, 6.07) is 5.86. The highest BCUT2D eigenvalue weighted by atomic mass is 79.9. The molecule has 19 heavy (non-hydrogen) atoms. The van der Waals surface area contributed by atoms with E-state index in [9.17, 15) is 9.90 Å². The molecule has 0 heterocycles. The van der Waals surface area contributed by atoms with Gasteiger partial charge in [0.05, 0.1) is 11.3 Å². The van der Waals surface area contributed by atoms with Crippen LogP contribution in [0.25, 0.3) is 0 Å². The van der Waals surface area contributed by atoms with Gasteiger partial charge in [-0.3, -0.25) is 0 Å². The fourth-order valence-electron chi connectivity index (χ4n) is 2.52. The number of nitrogens with one attached hydrogen (secondary N) is 1. The van der Waals surface area contributed by atoms with Crippen LogP contribution in [-0.2, 0) is 0 Å². The average molecular weight is 344 g/mol. The SMILES string of the molecule is CSC1CCC(Nc2cccc(Br)c2C(=O)O)CC1. The van der Waals surface area contributed by atoms with E-state index in [4.69, 9.17) is 0 Å². The van der Waals surface area contributed by atoms with Crippen LogP contribution in [0, 0.1) is 0 Å². The maximum absolute atomic E-state index is 11.3. The van der Waals surface area contributed by atoms with Gasteiger partial charge in [0.15, 0.2) is 0 Å². The van der Waals surface area contributed by atoms with Gasteiger partial charge in [-0.1, -0.05) is 6.07 Å². The van der Waals surface area contributed by atoms with E-state index >= 15 is 0 Å². The molecule has 1 aliphatic rings. The molecule has 0 bridgehead atoms. The first kappa shape index (κ1) is 14.7. The van der Waals surface area contributed by atoms with Gasteiger partial charge >= 0.3 is 5.97 Å². The molecule has 104 valence electrons. The monoisotopic (exact) mass is 343 g/mol. The highest BCUT2D eigenvalue weighted by Crippen LogP contribution is 2.31. The maximum Gasteiger partial charge on any atom is 0.338 e. The zero-order chi connectivity index (χ0) is 13.8. The van der Waals surface area contributed by atoms with E-state index < -0.39 is 5.97 Å². The summed E-state index contributed by atoms with van der Waals surface area (Å²) in [6.45, 7) is 0. The standard InChI is InChI=1S/C14H18BrNO2S/c1-19-10-7-5-9(6-8-10)16-12-4-2-3-11(15)13(12)14(17)18/h2-4,9-10,16H,5-8H2,1H3,(H,17,18). The van der Waals surface area contributed by atoms with Crippen molar-refractivity contribution in [2.75, 3.05) is 11.6 Å². The van der Waals surface area contributed by atoms with E-state index in [1.807, 2.05) is 23.9 Å². The molecule has 1 saturated carbocycles. The van der Waals surface area contributed by atoms with E-state index in [-0.39, 0.29) is 0 Å². The predicted molar refractivity (Wildman–Crippen MR) is 84.3 cm³/mol. The van der Waals surface area contributed by atoms with Gasteiger partial charge in [0.25, 0.3) is 0 Å². The van der Waals surface area contributed by atoms with Crippen molar-refractivity contribution in [3.63, 3.8) is 0 Å². The Kier molecular flexibility index (Phi) is 5.16. The van der Waals surface area contributed by atoms with Crippen molar-refractivity contribution in [1.82, 2.24) is 0 Å². The molecule has 2 rings (SSSR count). The van der Waals surface area contributed by atoms with Gasteiger partial charge in [0.2, 0.25) is 0 Å². The highest BCUT2D eigenvalue weighted by molar-refractivity contribution is 9.10. The first-order valence-corrected chi connectivity index (χ1v) is 8.51. The maximum atomic E-state index is 11.3. The molecule has 0 amide bonds. The molecule has 0 spiro atoms. The van der Waals surface area contributed by atoms with Gasteiger partial charge in [-0.05, 0) is 60.0 Å². The first-order valence-electron chi connectivity index (χ1n) is 6.43. The van der Waals surface area contributed by atoms with Crippen molar-refractivity contribution in [2.45, 2.75) is 37.0 Å². The van der Waals surface area contributed by atoms with Gasteiger partial charge in [-0.25, -0.2) is 4.79 Å². The van der Waals surface area contributed by atoms with Crippen LogP contribution in [0.3, 0.4) is 0 Å². The number of thioether (sulfide) groups is 1.